The normalized spacial score (nSPS) is 18.8. The van der Waals surface area contributed by atoms with Crippen LogP contribution < -0.4 is 15.5 Å². The molecule has 1 aliphatic heterocycles. The molecule has 3 aromatic rings. The molecule has 5 rings (SSSR count). The topological polar surface area (TPSA) is 105 Å². The third kappa shape index (κ3) is 3.59. The molecular formula is C23H25N7O2. The predicted molar refractivity (Wildman–Crippen MR) is 122 cm³/mol. The van der Waals surface area contributed by atoms with Crippen LogP contribution in [0.1, 0.15) is 55.0 Å². The van der Waals surface area contributed by atoms with Crippen LogP contribution in [-0.2, 0) is 11.3 Å². The van der Waals surface area contributed by atoms with E-state index in [1.54, 1.807) is 32.2 Å². The second-order valence-electron chi connectivity index (χ2n) is 7.84. The summed E-state index contributed by atoms with van der Waals surface area (Å²) in [5.41, 5.74) is 1.75. The number of nitrogens with zero attached hydrogens (tertiary/aromatic N) is 5. The van der Waals surface area contributed by atoms with Crippen molar-refractivity contribution in [1.29, 1.82) is 0 Å². The number of carbonyl (C=O) groups is 2. The minimum atomic E-state index is -2.48. The Morgan fingerprint density at radius 1 is 1.31 bits per heavy atom. The van der Waals surface area contributed by atoms with Crippen molar-refractivity contribution in [3.63, 3.8) is 0 Å². The first-order valence-corrected chi connectivity index (χ1v) is 10.3. The number of ketones is 1. The molecule has 0 bridgehead atoms. The van der Waals surface area contributed by atoms with Crippen molar-refractivity contribution in [3.05, 3.63) is 47.7 Å². The minimum Gasteiger partial charge on any atom is -0.364 e. The molecule has 1 amide bonds. The van der Waals surface area contributed by atoms with E-state index in [9.17, 15) is 9.59 Å². The van der Waals surface area contributed by atoms with Crippen molar-refractivity contribution >= 4 is 34.6 Å². The Hall–Kier alpha value is -3.75. The third-order valence-corrected chi connectivity index (χ3v) is 5.39. The van der Waals surface area contributed by atoms with Crippen LogP contribution in [0.25, 0.3) is 5.69 Å². The number of amides is 1. The maximum Gasteiger partial charge on any atom is 0.228 e. The molecule has 3 heterocycles. The smallest absolute Gasteiger partial charge is 0.228 e. The Labute approximate surface area is 192 Å². The standard InChI is InChI=1S/C23H25N7O2/c1-4-19(31)15-11-24-20(27-23(32)14-8-9-14)10-17(15)26-16-6-5-7-18-22(16)29(3)12-21-25-13(2)28-30(18)21/h5-7,10-11,14H,4,8-9,12H2,1-3H3,(H2,24,26,27,32)/i1D3,12D2. The maximum atomic E-state index is 12.9. The van der Waals surface area contributed by atoms with E-state index in [4.69, 9.17) is 6.85 Å². The van der Waals surface area contributed by atoms with E-state index < -0.39 is 25.6 Å². The number of rotatable bonds is 6. The molecule has 2 aliphatic rings. The van der Waals surface area contributed by atoms with Crippen LogP contribution in [-0.4, -0.2) is 38.5 Å². The molecular weight excluding hydrogens is 406 g/mol. The van der Waals surface area contributed by atoms with Gasteiger partial charge in [-0.3, -0.25) is 9.59 Å². The lowest BCUT2D eigenvalue weighted by Gasteiger charge is -2.30. The fourth-order valence-electron chi connectivity index (χ4n) is 3.68. The first-order valence-electron chi connectivity index (χ1n) is 12.8. The zero-order chi connectivity index (χ0) is 26.7. The molecule has 1 aromatic carbocycles. The minimum absolute atomic E-state index is 0.0388. The number of para-hydroxylation sites is 1. The van der Waals surface area contributed by atoms with Crippen LogP contribution in [0, 0.1) is 12.8 Å². The maximum absolute atomic E-state index is 12.9. The van der Waals surface area contributed by atoms with Gasteiger partial charge in [0.1, 0.15) is 11.6 Å². The Balaban J connectivity index is 1.59. The highest BCUT2D eigenvalue weighted by Gasteiger charge is 2.30. The van der Waals surface area contributed by atoms with Gasteiger partial charge in [-0.15, -0.1) is 0 Å². The van der Waals surface area contributed by atoms with Crippen molar-refractivity contribution in [2.45, 2.75) is 39.5 Å². The summed E-state index contributed by atoms with van der Waals surface area (Å²) in [6, 6.07) is 6.71. The number of aryl methyl sites for hydroxylation is 1. The second-order valence-corrected chi connectivity index (χ2v) is 7.84. The molecule has 9 nitrogen and oxygen atoms in total. The fourth-order valence-corrected chi connectivity index (χ4v) is 3.68. The van der Waals surface area contributed by atoms with E-state index in [-0.39, 0.29) is 34.7 Å². The lowest BCUT2D eigenvalue weighted by atomic mass is 10.1. The van der Waals surface area contributed by atoms with E-state index in [2.05, 4.69) is 25.7 Å². The van der Waals surface area contributed by atoms with E-state index in [1.165, 1.54) is 21.8 Å². The molecule has 0 saturated heterocycles. The number of anilines is 4. The third-order valence-electron chi connectivity index (χ3n) is 5.39. The molecule has 0 spiro atoms. The van der Waals surface area contributed by atoms with E-state index >= 15 is 0 Å². The van der Waals surface area contributed by atoms with Gasteiger partial charge in [0, 0.05) is 35.8 Å². The van der Waals surface area contributed by atoms with Crippen LogP contribution in [0.2, 0.25) is 0 Å². The van der Waals surface area contributed by atoms with Crippen molar-refractivity contribution in [1.82, 2.24) is 19.7 Å². The van der Waals surface area contributed by atoms with Gasteiger partial charge < -0.3 is 15.5 Å². The molecule has 164 valence electrons. The molecule has 0 atom stereocenters. The molecule has 32 heavy (non-hydrogen) atoms. The Bertz CT molecular complexity index is 1410. The summed E-state index contributed by atoms with van der Waals surface area (Å²) in [4.78, 5) is 35.1. The second kappa shape index (κ2) is 7.74. The van der Waals surface area contributed by atoms with Gasteiger partial charge in [0.25, 0.3) is 0 Å². The van der Waals surface area contributed by atoms with Gasteiger partial charge in [-0.1, -0.05) is 12.9 Å². The molecule has 9 heteroatoms. The summed E-state index contributed by atoms with van der Waals surface area (Å²) in [5.74, 6) is -0.0994. The van der Waals surface area contributed by atoms with Gasteiger partial charge in [-0.25, -0.2) is 14.6 Å². The number of hydrogen-bond donors (Lipinski definition) is 2. The molecule has 0 unspecified atom stereocenters. The number of fused-ring (bicyclic) bond motifs is 3. The SMILES string of the molecule is [2H]C([2H])([2H])CC(=O)c1cnc(NC(=O)C2CC2)cc1Nc1cccc2c1N(C)C([2H])([2H])c1nc(C)nn1-2. The zero-order valence-corrected chi connectivity index (χ0v) is 17.6. The van der Waals surface area contributed by atoms with Gasteiger partial charge in [-0.05, 0) is 31.9 Å². The molecule has 2 N–H and O–H groups in total. The van der Waals surface area contributed by atoms with Gasteiger partial charge in [0.05, 0.1) is 37.6 Å². The van der Waals surface area contributed by atoms with E-state index in [0.717, 1.165) is 12.8 Å². The number of nitrogens with one attached hydrogen (secondary N) is 2. The van der Waals surface area contributed by atoms with Crippen LogP contribution in [0.3, 0.4) is 0 Å². The first-order chi connectivity index (χ1) is 17.3. The predicted octanol–water partition coefficient (Wildman–Crippen LogP) is 3.61. The number of pyridine rings is 1. The van der Waals surface area contributed by atoms with Crippen LogP contribution >= 0.6 is 0 Å². The number of carbonyl (C=O) groups excluding carboxylic acids is 2. The van der Waals surface area contributed by atoms with Gasteiger partial charge in [-0.2, -0.15) is 5.10 Å². The average Bonchev–Trinajstić information content (AvgIpc) is 3.58. The lowest BCUT2D eigenvalue weighted by molar-refractivity contribution is -0.117. The monoisotopic (exact) mass is 436 g/mol. The summed E-state index contributed by atoms with van der Waals surface area (Å²) < 4.78 is 41.3. The van der Waals surface area contributed by atoms with Gasteiger partial charge in [0.2, 0.25) is 5.91 Å². The van der Waals surface area contributed by atoms with E-state index in [0.29, 0.717) is 22.9 Å². The van der Waals surface area contributed by atoms with Crippen molar-refractivity contribution in [2.24, 2.45) is 5.92 Å². The van der Waals surface area contributed by atoms with Gasteiger partial charge in [0.15, 0.2) is 11.6 Å². The van der Waals surface area contributed by atoms with Crippen LogP contribution in [0.15, 0.2) is 30.5 Å². The Morgan fingerprint density at radius 2 is 2.16 bits per heavy atom. The molecule has 1 saturated carbocycles. The number of Topliss-reactive ketones (excluding diaryl/α,β-unsaturated/α-hetero) is 1. The molecule has 0 radical (unpaired) electrons. The summed E-state index contributed by atoms with van der Waals surface area (Å²) in [7, 11) is 1.59. The number of hydrogen-bond acceptors (Lipinski definition) is 7. The first kappa shape index (κ1) is 15.1. The number of benzene rings is 1. The quantitative estimate of drug-likeness (QED) is 0.569. The molecule has 1 aliphatic carbocycles. The zero-order valence-electron chi connectivity index (χ0n) is 22.6. The summed E-state index contributed by atoms with van der Waals surface area (Å²) in [6.07, 6.45) is 2.17. The summed E-state index contributed by atoms with van der Waals surface area (Å²) in [6.45, 7) is -2.79. The van der Waals surface area contributed by atoms with Crippen molar-refractivity contribution < 1.29 is 16.4 Å². The fraction of sp³-hybridized carbons (Fsp3) is 0.348. The van der Waals surface area contributed by atoms with Crippen molar-refractivity contribution in [3.8, 4) is 5.69 Å². The summed E-state index contributed by atoms with van der Waals surface area (Å²) in [5, 5.41) is 10.3. The molecule has 1 fully saturated rings. The van der Waals surface area contributed by atoms with Gasteiger partial charge >= 0.3 is 0 Å². The number of aromatic nitrogens is 4. The van der Waals surface area contributed by atoms with Crippen LogP contribution in [0.4, 0.5) is 22.9 Å². The highest BCUT2D eigenvalue weighted by atomic mass is 16.2. The largest absolute Gasteiger partial charge is 0.364 e. The van der Waals surface area contributed by atoms with E-state index in [1.807, 2.05) is 0 Å². The molecule has 2 aromatic heterocycles. The average molecular weight is 437 g/mol. The van der Waals surface area contributed by atoms with Crippen LogP contribution in [0.5, 0.6) is 0 Å². The highest BCUT2D eigenvalue weighted by molar-refractivity contribution is 6.03. The highest BCUT2D eigenvalue weighted by Crippen LogP contribution is 2.39. The lowest BCUT2D eigenvalue weighted by Crippen LogP contribution is -2.27. The van der Waals surface area contributed by atoms with Crippen molar-refractivity contribution in [2.75, 3.05) is 22.6 Å². The Kier molecular flexibility index (Phi) is 3.66. The summed E-state index contributed by atoms with van der Waals surface area (Å²) >= 11 is 0. The Morgan fingerprint density at radius 3 is 2.94 bits per heavy atom.